The highest BCUT2D eigenvalue weighted by Gasteiger charge is 2.28. The SMILES string of the molecule is CCOC1CC(NCCNC(C)(C)C)C1. The molecule has 0 unspecified atom stereocenters. The summed E-state index contributed by atoms with van der Waals surface area (Å²) in [6, 6.07) is 0.684. The largest absolute Gasteiger partial charge is 0.378 e. The molecule has 2 N–H and O–H groups in total. The molecule has 1 aliphatic rings. The van der Waals surface area contributed by atoms with Gasteiger partial charge in [0.05, 0.1) is 6.10 Å². The molecule has 0 bridgehead atoms. The summed E-state index contributed by atoms with van der Waals surface area (Å²) in [5.41, 5.74) is 0.231. The van der Waals surface area contributed by atoms with Gasteiger partial charge >= 0.3 is 0 Å². The Morgan fingerprint density at radius 2 is 1.87 bits per heavy atom. The third-order valence-electron chi connectivity index (χ3n) is 2.71. The third-order valence-corrected chi connectivity index (χ3v) is 2.71. The fraction of sp³-hybridized carbons (Fsp3) is 1.00. The van der Waals surface area contributed by atoms with Gasteiger partial charge in [-0.1, -0.05) is 0 Å². The number of nitrogens with one attached hydrogen (secondary N) is 2. The average molecular weight is 214 g/mol. The number of ether oxygens (including phenoxy) is 1. The maximum absolute atomic E-state index is 5.51. The van der Waals surface area contributed by atoms with Crippen LogP contribution in [0.4, 0.5) is 0 Å². The predicted molar refractivity (Wildman–Crippen MR) is 64.2 cm³/mol. The maximum atomic E-state index is 5.51. The molecule has 0 spiro atoms. The van der Waals surface area contributed by atoms with Crippen molar-refractivity contribution in [1.29, 1.82) is 0 Å². The van der Waals surface area contributed by atoms with E-state index in [-0.39, 0.29) is 5.54 Å². The lowest BCUT2D eigenvalue weighted by Crippen LogP contribution is -2.48. The van der Waals surface area contributed by atoms with Crippen LogP contribution in [0.15, 0.2) is 0 Å². The Bertz CT molecular complexity index is 171. The molecule has 0 aromatic heterocycles. The van der Waals surface area contributed by atoms with Gasteiger partial charge < -0.3 is 15.4 Å². The quantitative estimate of drug-likeness (QED) is 0.658. The Labute approximate surface area is 94.0 Å². The molecule has 3 nitrogen and oxygen atoms in total. The van der Waals surface area contributed by atoms with Crippen LogP contribution in [0.25, 0.3) is 0 Å². The van der Waals surface area contributed by atoms with Crippen LogP contribution in [0.1, 0.15) is 40.5 Å². The fourth-order valence-electron chi connectivity index (χ4n) is 1.82. The molecule has 90 valence electrons. The molecular formula is C12H26N2O. The number of hydrogen-bond donors (Lipinski definition) is 2. The van der Waals surface area contributed by atoms with E-state index >= 15 is 0 Å². The van der Waals surface area contributed by atoms with Crippen molar-refractivity contribution in [3.63, 3.8) is 0 Å². The second-order valence-corrected chi connectivity index (χ2v) is 5.38. The molecule has 15 heavy (non-hydrogen) atoms. The zero-order valence-corrected chi connectivity index (χ0v) is 10.6. The van der Waals surface area contributed by atoms with Crippen molar-refractivity contribution < 1.29 is 4.74 Å². The van der Waals surface area contributed by atoms with Gasteiger partial charge in [-0.15, -0.1) is 0 Å². The lowest BCUT2D eigenvalue weighted by Gasteiger charge is -2.35. The van der Waals surface area contributed by atoms with Crippen molar-refractivity contribution in [3.05, 3.63) is 0 Å². The normalized spacial score (nSPS) is 26.4. The number of hydrogen-bond acceptors (Lipinski definition) is 3. The van der Waals surface area contributed by atoms with E-state index in [9.17, 15) is 0 Å². The second kappa shape index (κ2) is 5.83. The molecule has 1 rings (SSSR count). The minimum Gasteiger partial charge on any atom is -0.378 e. The minimum absolute atomic E-state index is 0.231. The summed E-state index contributed by atoms with van der Waals surface area (Å²) >= 11 is 0. The molecule has 0 atom stereocenters. The summed E-state index contributed by atoms with van der Waals surface area (Å²) in [5.74, 6) is 0. The van der Waals surface area contributed by atoms with Gasteiger partial charge in [-0.2, -0.15) is 0 Å². The standard InChI is InChI=1S/C12H26N2O/c1-5-15-11-8-10(9-11)13-6-7-14-12(2,3)4/h10-11,13-14H,5-9H2,1-4H3. The van der Waals surface area contributed by atoms with Gasteiger partial charge in [0.15, 0.2) is 0 Å². The van der Waals surface area contributed by atoms with Crippen LogP contribution in [-0.2, 0) is 4.74 Å². The summed E-state index contributed by atoms with van der Waals surface area (Å²) < 4.78 is 5.51. The first kappa shape index (κ1) is 12.9. The Morgan fingerprint density at radius 3 is 2.40 bits per heavy atom. The van der Waals surface area contributed by atoms with Crippen molar-refractivity contribution >= 4 is 0 Å². The molecule has 0 heterocycles. The Hall–Kier alpha value is -0.120. The van der Waals surface area contributed by atoms with Gasteiger partial charge in [0.2, 0.25) is 0 Å². The Morgan fingerprint density at radius 1 is 1.20 bits per heavy atom. The van der Waals surface area contributed by atoms with Crippen molar-refractivity contribution in [1.82, 2.24) is 10.6 Å². The molecule has 0 amide bonds. The highest BCUT2D eigenvalue weighted by molar-refractivity contribution is 4.86. The highest BCUT2D eigenvalue weighted by Crippen LogP contribution is 2.22. The van der Waals surface area contributed by atoms with E-state index in [1.54, 1.807) is 0 Å². The molecule has 0 radical (unpaired) electrons. The summed E-state index contributed by atoms with van der Waals surface area (Å²) in [7, 11) is 0. The molecule has 1 fully saturated rings. The van der Waals surface area contributed by atoms with Crippen LogP contribution in [0.5, 0.6) is 0 Å². The first-order valence-corrected chi connectivity index (χ1v) is 6.11. The second-order valence-electron chi connectivity index (χ2n) is 5.38. The summed E-state index contributed by atoms with van der Waals surface area (Å²) in [6.45, 7) is 11.6. The lowest BCUT2D eigenvalue weighted by molar-refractivity contribution is -0.00967. The minimum atomic E-state index is 0.231. The van der Waals surface area contributed by atoms with Gasteiger partial charge in [0.25, 0.3) is 0 Å². The molecule has 3 heteroatoms. The smallest absolute Gasteiger partial charge is 0.0604 e. The van der Waals surface area contributed by atoms with Crippen molar-refractivity contribution in [2.75, 3.05) is 19.7 Å². The Balaban J connectivity index is 1.91. The summed E-state index contributed by atoms with van der Waals surface area (Å²) in [5, 5.41) is 7.01. The maximum Gasteiger partial charge on any atom is 0.0604 e. The Kier molecular flexibility index (Phi) is 5.03. The third kappa shape index (κ3) is 5.50. The van der Waals surface area contributed by atoms with E-state index in [4.69, 9.17) is 4.74 Å². The molecule has 0 aromatic carbocycles. The van der Waals surface area contributed by atoms with Crippen LogP contribution < -0.4 is 10.6 Å². The van der Waals surface area contributed by atoms with E-state index in [1.165, 1.54) is 12.8 Å². The number of rotatable bonds is 6. The molecular weight excluding hydrogens is 188 g/mol. The zero-order chi connectivity index (χ0) is 11.3. The highest BCUT2D eigenvalue weighted by atomic mass is 16.5. The summed E-state index contributed by atoms with van der Waals surface area (Å²) in [4.78, 5) is 0. The first-order valence-electron chi connectivity index (χ1n) is 6.11. The molecule has 0 saturated heterocycles. The molecule has 0 aliphatic heterocycles. The van der Waals surface area contributed by atoms with Crippen LogP contribution >= 0.6 is 0 Å². The van der Waals surface area contributed by atoms with E-state index < -0.39 is 0 Å². The van der Waals surface area contributed by atoms with Gasteiger partial charge in [-0.3, -0.25) is 0 Å². The monoisotopic (exact) mass is 214 g/mol. The predicted octanol–water partition coefficient (Wildman–Crippen LogP) is 1.53. The topological polar surface area (TPSA) is 33.3 Å². The van der Waals surface area contributed by atoms with Crippen LogP contribution in [0.2, 0.25) is 0 Å². The lowest BCUT2D eigenvalue weighted by atomic mass is 9.89. The summed E-state index contributed by atoms with van der Waals surface area (Å²) in [6.07, 6.45) is 2.88. The van der Waals surface area contributed by atoms with E-state index in [0.717, 1.165) is 19.7 Å². The molecule has 1 aliphatic carbocycles. The van der Waals surface area contributed by atoms with Gasteiger partial charge in [0, 0.05) is 31.3 Å². The van der Waals surface area contributed by atoms with Gasteiger partial charge in [0.1, 0.15) is 0 Å². The van der Waals surface area contributed by atoms with E-state index in [2.05, 4.69) is 38.3 Å². The van der Waals surface area contributed by atoms with Crippen molar-refractivity contribution in [2.24, 2.45) is 0 Å². The van der Waals surface area contributed by atoms with E-state index in [0.29, 0.717) is 12.1 Å². The molecule has 1 saturated carbocycles. The fourth-order valence-corrected chi connectivity index (χ4v) is 1.82. The van der Waals surface area contributed by atoms with E-state index in [1.807, 2.05) is 0 Å². The van der Waals surface area contributed by atoms with Gasteiger partial charge in [-0.05, 0) is 40.5 Å². The van der Waals surface area contributed by atoms with Crippen molar-refractivity contribution in [3.8, 4) is 0 Å². The zero-order valence-electron chi connectivity index (χ0n) is 10.6. The van der Waals surface area contributed by atoms with Gasteiger partial charge in [-0.25, -0.2) is 0 Å². The van der Waals surface area contributed by atoms with Crippen molar-refractivity contribution in [2.45, 2.75) is 58.2 Å². The average Bonchev–Trinajstić information content (AvgIpc) is 2.05. The van der Waals surface area contributed by atoms with Crippen LogP contribution in [0, 0.1) is 0 Å². The molecule has 0 aromatic rings. The first-order chi connectivity index (χ1) is 7.01. The van der Waals surface area contributed by atoms with Crippen LogP contribution in [-0.4, -0.2) is 37.4 Å². The van der Waals surface area contributed by atoms with Crippen LogP contribution in [0.3, 0.4) is 0 Å².